The third-order valence-electron chi connectivity index (χ3n) is 5.22. The molecule has 156 valence electrons. The lowest BCUT2D eigenvalue weighted by molar-refractivity contribution is -0.128. The van der Waals surface area contributed by atoms with Crippen LogP contribution in [0.4, 0.5) is 4.39 Å². The number of H-pyrrole nitrogens is 1. The molecule has 0 spiro atoms. The number of dihydropyridines is 1. The Labute approximate surface area is 189 Å². The topological polar surface area (TPSA) is 97.8 Å². The molecular weight excluding hydrogens is 483 g/mol. The standard InChI is InChI=1S/C21H16BrFN6OS/c22-11-3-5-25-16(7-11)13(9-24)21(30)29-6-4-15-18(27-10-26-15)19(29)20-28-14-2-1-12(23)8-17(14)31-20/h1-3,5,7-10,19,24-25H,4,6H2,(H,26,27)/b16-13+,24-9?/t19-/m0/s1. The van der Waals surface area contributed by atoms with Crippen molar-refractivity contribution in [1.82, 2.24) is 25.2 Å². The molecule has 0 fully saturated rings. The number of benzene rings is 1. The second kappa shape index (κ2) is 7.86. The van der Waals surface area contributed by atoms with E-state index >= 15 is 0 Å². The Bertz CT molecular complexity index is 1310. The minimum atomic E-state index is -0.523. The summed E-state index contributed by atoms with van der Waals surface area (Å²) in [5.74, 6) is -0.627. The summed E-state index contributed by atoms with van der Waals surface area (Å²) in [7, 11) is 0. The summed E-state index contributed by atoms with van der Waals surface area (Å²) in [6, 6.07) is 3.93. The number of carbonyl (C=O) groups excluding carboxylic acids is 1. The zero-order valence-electron chi connectivity index (χ0n) is 16.0. The van der Waals surface area contributed by atoms with Crippen molar-refractivity contribution in [2.24, 2.45) is 0 Å². The number of thiazole rings is 1. The number of aromatic nitrogens is 3. The SMILES string of the molecule is N=C/C(C(=O)N1CCc2[nH]cnc2[C@H]1c1nc2ccc(F)cc2s1)=C1/C=C(Br)C=CN1. The number of fused-ring (bicyclic) bond motifs is 2. The summed E-state index contributed by atoms with van der Waals surface area (Å²) in [5.41, 5.74) is 3.12. The number of amides is 1. The molecular formula is C21H16BrFN6OS. The third-order valence-corrected chi connectivity index (χ3v) is 6.78. The fourth-order valence-electron chi connectivity index (χ4n) is 3.78. The molecule has 0 bridgehead atoms. The van der Waals surface area contributed by atoms with Gasteiger partial charge >= 0.3 is 0 Å². The van der Waals surface area contributed by atoms with Crippen molar-refractivity contribution >= 4 is 49.6 Å². The van der Waals surface area contributed by atoms with Gasteiger partial charge < -0.3 is 20.6 Å². The highest BCUT2D eigenvalue weighted by Crippen LogP contribution is 2.38. The molecule has 31 heavy (non-hydrogen) atoms. The molecule has 0 radical (unpaired) electrons. The zero-order valence-corrected chi connectivity index (χ0v) is 18.4. The molecule has 0 unspecified atom stereocenters. The number of rotatable bonds is 3. The van der Waals surface area contributed by atoms with Gasteiger partial charge in [-0.15, -0.1) is 11.3 Å². The van der Waals surface area contributed by atoms with Crippen LogP contribution in [0.5, 0.6) is 0 Å². The summed E-state index contributed by atoms with van der Waals surface area (Å²) in [6.45, 7) is 0.439. The summed E-state index contributed by atoms with van der Waals surface area (Å²) < 4.78 is 15.2. The zero-order chi connectivity index (χ0) is 21.5. The molecule has 1 aromatic carbocycles. The van der Waals surface area contributed by atoms with Crippen LogP contribution in [-0.4, -0.2) is 38.5 Å². The lowest BCUT2D eigenvalue weighted by Crippen LogP contribution is -2.42. The van der Waals surface area contributed by atoms with Crippen molar-refractivity contribution in [3.8, 4) is 0 Å². The monoisotopic (exact) mass is 498 g/mol. The van der Waals surface area contributed by atoms with Crippen molar-refractivity contribution in [1.29, 1.82) is 5.41 Å². The Morgan fingerprint density at radius 1 is 1.42 bits per heavy atom. The van der Waals surface area contributed by atoms with Gasteiger partial charge in [0.2, 0.25) is 0 Å². The van der Waals surface area contributed by atoms with Gasteiger partial charge in [0.25, 0.3) is 5.91 Å². The number of hydrogen-bond donors (Lipinski definition) is 3. The molecule has 4 heterocycles. The second-order valence-electron chi connectivity index (χ2n) is 7.06. The molecule has 5 rings (SSSR count). The van der Waals surface area contributed by atoms with E-state index in [1.807, 2.05) is 6.08 Å². The summed E-state index contributed by atoms with van der Waals surface area (Å²) >= 11 is 4.75. The van der Waals surface area contributed by atoms with E-state index in [0.29, 0.717) is 33.9 Å². The molecule has 3 N–H and O–H groups in total. The Kier molecular flexibility index (Phi) is 5.03. The number of aromatic amines is 1. The molecule has 0 saturated heterocycles. The number of hydrogen-bond acceptors (Lipinski definition) is 6. The van der Waals surface area contributed by atoms with Gasteiger partial charge in [0, 0.05) is 35.6 Å². The molecule has 7 nitrogen and oxygen atoms in total. The number of carbonyl (C=O) groups is 1. The first-order valence-corrected chi connectivity index (χ1v) is 11.1. The van der Waals surface area contributed by atoms with Crippen LogP contribution in [0.2, 0.25) is 0 Å². The average Bonchev–Trinajstić information content (AvgIpc) is 3.39. The summed E-state index contributed by atoms with van der Waals surface area (Å²) in [5, 5.41) is 11.6. The van der Waals surface area contributed by atoms with Crippen LogP contribution in [0.3, 0.4) is 0 Å². The fourth-order valence-corrected chi connectivity index (χ4v) is 5.25. The van der Waals surface area contributed by atoms with Crippen LogP contribution in [0.1, 0.15) is 22.4 Å². The normalized spacial score (nSPS) is 19.6. The van der Waals surface area contributed by atoms with Crippen molar-refractivity contribution in [3.63, 3.8) is 0 Å². The van der Waals surface area contributed by atoms with Gasteiger partial charge in [-0.2, -0.15) is 0 Å². The Morgan fingerprint density at radius 3 is 3.10 bits per heavy atom. The first-order chi connectivity index (χ1) is 15.0. The number of imidazole rings is 1. The van der Waals surface area contributed by atoms with E-state index in [0.717, 1.165) is 22.1 Å². The van der Waals surface area contributed by atoms with Crippen LogP contribution < -0.4 is 5.32 Å². The van der Waals surface area contributed by atoms with E-state index < -0.39 is 6.04 Å². The smallest absolute Gasteiger partial charge is 0.258 e. The van der Waals surface area contributed by atoms with Crippen LogP contribution >= 0.6 is 27.3 Å². The highest BCUT2D eigenvalue weighted by molar-refractivity contribution is 9.11. The molecule has 0 aliphatic carbocycles. The van der Waals surface area contributed by atoms with Crippen LogP contribution in [0.25, 0.3) is 10.2 Å². The Balaban J connectivity index is 1.61. The summed E-state index contributed by atoms with van der Waals surface area (Å²) in [4.78, 5) is 27.6. The molecule has 3 aromatic rings. The van der Waals surface area contributed by atoms with Crippen LogP contribution in [-0.2, 0) is 11.2 Å². The van der Waals surface area contributed by atoms with Gasteiger partial charge in [-0.05, 0) is 30.4 Å². The Hall–Kier alpha value is -3.11. The van der Waals surface area contributed by atoms with E-state index in [4.69, 9.17) is 5.41 Å². The lowest BCUT2D eigenvalue weighted by atomic mass is 10.0. The average molecular weight is 499 g/mol. The summed E-state index contributed by atoms with van der Waals surface area (Å²) in [6.07, 6.45) is 8.57. The predicted octanol–water partition coefficient (Wildman–Crippen LogP) is 3.93. The molecule has 2 aliphatic heterocycles. The minimum Gasteiger partial charge on any atom is -0.361 e. The van der Waals surface area contributed by atoms with Gasteiger partial charge in [-0.1, -0.05) is 15.9 Å². The van der Waals surface area contributed by atoms with E-state index in [-0.39, 0.29) is 17.3 Å². The molecule has 2 aromatic heterocycles. The van der Waals surface area contributed by atoms with Crippen molar-refractivity contribution in [2.45, 2.75) is 12.5 Å². The predicted molar refractivity (Wildman–Crippen MR) is 121 cm³/mol. The maximum Gasteiger partial charge on any atom is 0.258 e. The quantitative estimate of drug-likeness (QED) is 0.376. The van der Waals surface area contributed by atoms with Crippen LogP contribution in [0.15, 0.2) is 58.6 Å². The van der Waals surface area contributed by atoms with Gasteiger partial charge in [0.15, 0.2) is 0 Å². The van der Waals surface area contributed by atoms with Crippen LogP contribution in [0, 0.1) is 11.2 Å². The highest BCUT2D eigenvalue weighted by atomic mass is 79.9. The van der Waals surface area contributed by atoms with Crippen molar-refractivity contribution in [3.05, 3.63) is 80.8 Å². The van der Waals surface area contributed by atoms with E-state index in [9.17, 15) is 9.18 Å². The van der Waals surface area contributed by atoms with Gasteiger partial charge in [0.1, 0.15) is 16.9 Å². The molecule has 2 aliphatic rings. The second-order valence-corrected chi connectivity index (χ2v) is 9.04. The van der Waals surface area contributed by atoms with Crippen molar-refractivity contribution < 1.29 is 9.18 Å². The molecule has 1 amide bonds. The van der Waals surface area contributed by atoms with Gasteiger partial charge in [0.05, 0.1) is 33.5 Å². The molecule has 0 saturated carbocycles. The lowest BCUT2D eigenvalue weighted by Gasteiger charge is -2.34. The Morgan fingerprint density at radius 2 is 2.29 bits per heavy atom. The van der Waals surface area contributed by atoms with E-state index in [1.165, 1.54) is 23.5 Å². The number of nitrogens with one attached hydrogen (secondary N) is 3. The van der Waals surface area contributed by atoms with Gasteiger partial charge in [-0.25, -0.2) is 14.4 Å². The maximum atomic E-state index is 13.7. The number of allylic oxidation sites excluding steroid dienone is 3. The largest absolute Gasteiger partial charge is 0.361 e. The fraction of sp³-hybridized carbons (Fsp3) is 0.143. The van der Waals surface area contributed by atoms with Gasteiger partial charge in [-0.3, -0.25) is 4.79 Å². The molecule has 1 atom stereocenters. The maximum absolute atomic E-state index is 13.7. The van der Waals surface area contributed by atoms with E-state index in [2.05, 4.69) is 36.2 Å². The first kappa shape index (κ1) is 19.8. The minimum absolute atomic E-state index is 0.234. The number of halogens is 2. The third kappa shape index (κ3) is 3.51. The first-order valence-electron chi connectivity index (χ1n) is 9.49. The highest BCUT2D eigenvalue weighted by Gasteiger charge is 2.37. The van der Waals surface area contributed by atoms with Crippen molar-refractivity contribution in [2.75, 3.05) is 6.54 Å². The number of nitrogens with zero attached hydrogens (tertiary/aromatic N) is 3. The van der Waals surface area contributed by atoms with E-state index in [1.54, 1.807) is 29.6 Å². The molecule has 10 heteroatoms.